The Hall–Kier alpha value is -1.32. The molecule has 0 atom stereocenters. The van der Waals surface area contributed by atoms with Crippen LogP contribution in [0, 0.1) is 5.21 Å². The van der Waals surface area contributed by atoms with Crippen LogP contribution in [0.2, 0.25) is 0 Å². The molecular weight excluding hydrogens is 106 g/mol. The van der Waals surface area contributed by atoms with Gasteiger partial charge in [-0.15, -0.1) is 0 Å². The van der Waals surface area contributed by atoms with Crippen molar-refractivity contribution in [3.05, 3.63) is 23.8 Å². The molecular formula is C4H5N3O. The molecule has 0 saturated carbocycles. The first kappa shape index (κ1) is 4.83. The lowest BCUT2D eigenvalue weighted by molar-refractivity contribution is -0.605. The van der Waals surface area contributed by atoms with Gasteiger partial charge in [0.15, 0.2) is 12.0 Å². The minimum absolute atomic E-state index is 0.238. The number of nitrogen functional groups attached to an aromatic ring is 1. The maximum Gasteiger partial charge on any atom is 0.222 e. The number of nitrogens with two attached hydrogens (primary N) is 1. The fraction of sp³-hybridized carbons (Fsp3) is 0. The molecule has 4 nitrogen and oxygen atoms in total. The number of anilines is 1. The zero-order chi connectivity index (χ0) is 5.98. The summed E-state index contributed by atoms with van der Waals surface area (Å²) in [5, 5.41) is 10.3. The first-order chi connectivity index (χ1) is 3.79. The standard InChI is InChI=1S/C4H5N3O/c5-4-3-7(8)2-1-6-4/h1-3H,(H2,5,6). The van der Waals surface area contributed by atoms with E-state index in [1.54, 1.807) is 0 Å². The molecule has 0 saturated heterocycles. The largest absolute Gasteiger partial charge is 0.619 e. The van der Waals surface area contributed by atoms with Gasteiger partial charge in [0.25, 0.3) is 0 Å². The molecule has 1 aromatic heterocycles. The van der Waals surface area contributed by atoms with Crippen LogP contribution in [0.3, 0.4) is 0 Å². The molecule has 2 N–H and O–H groups in total. The molecule has 0 aromatic carbocycles. The average Bonchev–Trinajstić information content (AvgIpc) is 1.64. The van der Waals surface area contributed by atoms with Crippen LogP contribution < -0.4 is 10.5 Å². The van der Waals surface area contributed by atoms with E-state index < -0.39 is 0 Å². The summed E-state index contributed by atoms with van der Waals surface area (Å²) < 4.78 is 0.600. The highest BCUT2D eigenvalue weighted by molar-refractivity contribution is 5.18. The van der Waals surface area contributed by atoms with Crippen molar-refractivity contribution in [3.8, 4) is 0 Å². The summed E-state index contributed by atoms with van der Waals surface area (Å²) in [6, 6.07) is 0. The van der Waals surface area contributed by atoms with Gasteiger partial charge in [-0.2, -0.15) is 4.73 Å². The Morgan fingerprint density at radius 2 is 2.50 bits per heavy atom. The summed E-state index contributed by atoms with van der Waals surface area (Å²) in [6.07, 6.45) is 3.82. The molecule has 8 heavy (non-hydrogen) atoms. The highest BCUT2D eigenvalue weighted by atomic mass is 16.5. The Morgan fingerprint density at radius 3 is 2.88 bits per heavy atom. The molecule has 0 spiro atoms. The monoisotopic (exact) mass is 111 g/mol. The van der Waals surface area contributed by atoms with E-state index in [2.05, 4.69) is 4.98 Å². The van der Waals surface area contributed by atoms with Crippen LogP contribution in [0.5, 0.6) is 0 Å². The van der Waals surface area contributed by atoms with Crippen LogP contribution >= 0.6 is 0 Å². The zero-order valence-corrected chi connectivity index (χ0v) is 4.11. The lowest BCUT2D eigenvalue weighted by Crippen LogP contribution is -2.25. The second-order valence-electron chi connectivity index (χ2n) is 1.34. The van der Waals surface area contributed by atoms with Gasteiger partial charge in [-0.1, -0.05) is 0 Å². The molecule has 1 aromatic rings. The van der Waals surface area contributed by atoms with E-state index in [-0.39, 0.29) is 5.82 Å². The summed E-state index contributed by atoms with van der Waals surface area (Å²) in [4.78, 5) is 3.60. The van der Waals surface area contributed by atoms with Crippen LogP contribution in [0.1, 0.15) is 0 Å². The normalized spacial score (nSPS) is 9.00. The molecule has 0 amide bonds. The van der Waals surface area contributed by atoms with Crippen LogP contribution in [-0.2, 0) is 0 Å². The highest BCUT2D eigenvalue weighted by Crippen LogP contribution is 1.83. The third kappa shape index (κ3) is 0.841. The Labute approximate surface area is 46.2 Å². The van der Waals surface area contributed by atoms with Gasteiger partial charge in [-0.3, -0.25) is 0 Å². The third-order valence-corrected chi connectivity index (χ3v) is 0.697. The molecule has 42 valence electrons. The third-order valence-electron chi connectivity index (χ3n) is 0.697. The van der Waals surface area contributed by atoms with Crippen LogP contribution in [-0.4, -0.2) is 4.98 Å². The van der Waals surface area contributed by atoms with Crippen molar-refractivity contribution >= 4 is 5.82 Å². The Balaban J connectivity index is 3.08. The fourth-order valence-corrected chi connectivity index (χ4v) is 0.392. The van der Waals surface area contributed by atoms with Crippen LogP contribution in [0.15, 0.2) is 18.6 Å². The van der Waals surface area contributed by atoms with Gasteiger partial charge in [-0.05, 0) is 0 Å². The van der Waals surface area contributed by atoms with Gasteiger partial charge in [0.05, 0.1) is 6.20 Å². The number of aromatic nitrogens is 2. The molecule has 1 rings (SSSR count). The molecule has 1 heterocycles. The van der Waals surface area contributed by atoms with Gasteiger partial charge in [-0.25, -0.2) is 4.98 Å². The number of nitrogens with zero attached hydrogens (tertiary/aromatic N) is 2. The van der Waals surface area contributed by atoms with Gasteiger partial charge < -0.3 is 10.9 Å². The van der Waals surface area contributed by atoms with Gasteiger partial charge in [0.1, 0.15) is 0 Å². The van der Waals surface area contributed by atoms with E-state index in [1.807, 2.05) is 0 Å². The summed E-state index contributed by atoms with van der Waals surface area (Å²) in [7, 11) is 0. The van der Waals surface area contributed by atoms with Crippen molar-refractivity contribution in [2.24, 2.45) is 0 Å². The highest BCUT2D eigenvalue weighted by Gasteiger charge is 1.87. The lowest BCUT2D eigenvalue weighted by Gasteiger charge is -1.91. The summed E-state index contributed by atoms with van der Waals surface area (Å²) >= 11 is 0. The van der Waals surface area contributed by atoms with Gasteiger partial charge >= 0.3 is 0 Å². The number of hydrogen-bond donors (Lipinski definition) is 1. The molecule has 0 fully saturated rings. The van der Waals surface area contributed by atoms with Crippen molar-refractivity contribution in [2.75, 3.05) is 5.73 Å². The van der Waals surface area contributed by atoms with Crippen LogP contribution in [0.4, 0.5) is 5.82 Å². The van der Waals surface area contributed by atoms with Gasteiger partial charge in [0.2, 0.25) is 6.20 Å². The van der Waals surface area contributed by atoms with Gasteiger partial charge in [0, 0.05) is 0 Å². The first-order valence-electron chi connectivity index (χ1n) is 2.09. The second kappa shape index (κ2) is 1.65. The van der Waals surface area contributed by atoms with Crippen molar-refractivity contribution in [1.29, 1.82) is 0 Å². The SMILES string of the molecule is Nc1c[n+]([O-])ccn1. The topological polar surface area (TPSA) is 65.8 Å². The zero-order valence-electron chi connectivity index (χ0n) is 4.11. The molecule has 0 unspecified atom stereocenters. The predicted octanol–water partition coefficient (Wildman–Crippen LogP) is -0.703. The van der Waals surface area contributed by atoms with Crippen molar-refractivity contribution in [3.63, 3.8) is 0 Å². The van der Waals surface area contributed by atoms with E-state index in [1.165, 1.54) is 18.6 Å². The number of hydrogen-bond acceptors (Lipinski definition) is 3. The predicted molar refractivity (Wildman–Crippen MR) is 27.6 cm³/mol. The first-order valence-corrected chi connectivity index (χ1v) is 2.09. The average molecular weight is 111 g/mol. The van der Waals surface area contributed by atoms with Crippen LogP contribution in [0.25, 0.3) is 0 Å². The Bertz CT molecular complexity index is 171. The second-order valence-corrected chi connectivity index (χ2v) is 1.34. The molecule has 0 aliphatic carbocycles. The Kier molecular flexibility index (Phi) is 0.997. The molecule has 0 radical (unpaired) electrons. The molecule has 0 aliphatic rings. The van der Waals surface area contributed by atoms with E-state index in [0.717, 1.165) is 0 Å². The number of rotatable bonds is 0. The van der Waals surface area contributed by atoms with Crippen molar-refractivity contribution in [1.82, 2.24) is 4.98 Å². The van der Waals surface area contributed by atoms with Crippen molar-refractivity contribution < 1.29 is 4.73 Å². The summed E-state index contributed by atoms with van der Waals surface area (Å²) in [5.74, 6) is 0.238. The minimum Gasteiger partial charge on any atom is -0.619 e. The molecule has 0 bridgehead atoms. The minimum atomic E-state index is 0.238. The maximum absolute atomic E-state index is 10.3. The summed E-state index contributed by atoms with van der Waals surface area (Å²) in [6.45, 7) is 0. The smallest absolute Gasteiger partial charge is 0.222 e. The van der Waals surface area contributed by atoms with E-state index in [4.69, 9.17) is 5.73 Å². The Morgan fingerprint density at radius 1 is 1.75 bits per heavy atom. The molecule has 0 aliphatic heterocycles. The maximum atomic E-state index is 10.3. The fourth-order valence-electron chi connectivity index (χ4n) is 0.392. The van der Waals surface area contributed by atoms with Crippen molar-refractivity contribution in [2.45, 2.75) is 0 Å². The lowest BCUT2D eigenvalue weighted by atomic mass is 10.7. The summed E-state index contributed by atoms with van der Waals surface area (Å²) in [5.41, 5.74) is 5.13. The van der Waals surface area contributed by atoms with E-state index in [9.17, 15) is 5.21 Å². The molecule has 4 heteroatoms. The quantitative estimate of drug-likeness (QED) is 0.355. The van der Waals surface area contributed by atoms with E-state index in [0.29, 0.717) is 4.73 Å². The van der Waals surface area contributed by atoms with E-state index >= 15 is 0 Å².